The van der Waals surface area contributed by atoms with Gasteiger partial charge in [-0.25, -0.2) is 8.42 Å². The van der Waals surface area contributed by atoms with E-state index in [9.17, 15) is 18.0 Å². The van der Waals surface area contributed by atoms with Crippen molar-refractivity contribution < 1.29 is 18.0 Å². The summed E-state index contributed by atoms with van der Waals surface area (Å²) < 4.78 is 29.5. The van der Waals surface area contributed by atoms with Gasteiger partial charge in [-0.2, -0.15) is 0 Å². The van der Waals surface area contributed by atoms with E-state index in [4.69, 9.17) is 23.2 Å². The van der Waals surface area contributed by atoms with E-state index in [1.165, 1.54) is 17.0 Å². The van der Waals surface area contributed by atoms with Gasteiger partial charge in [0, 0.05) is 29.1 Å². The molecule has 0 saturated heterocycles. The fourth-order valence-electron chi connectivity index (χ4n) is 5.88. The molecule has 1 atom stereocenters. The fourth-order valence-corrected chi connectivity index (χ4v) is 7.78. The van der Waals surface area contributed by atoms with Crippen molar-refractivity contribution in [3.8, 4) is 0 Å². The Morgan fingerprint density at radius 3 is 2.15 bits per heavy atom. The molecule has 0 aliphatic heterocycles. The molecule has 0 spiro atoms. The molecule has 0 heterocycles. The number of hydrogen-bond acceptors (Lipinski definition) is 4. The number of carbonyl (C=O) groups is 2. The maximum Gasteiger partial charge on any atom is 0.264 e. The Balaban J connectivity index is 1.59. The minimum atomic E-state index is -4.18. The molecular formula is C37H39Cl2N3O4S. The average molecular weight is 693 g/mol. The van der Waals surface area contributed by atoms with Gasteiger partial charge in [0.2, 0.25) is 11.8 Å². The van der Waals surface area contributed by atoms with Gasteiger partial charge < -0.3 is 10.2 Å². The molecule has 47 heavy (non-hydrogen) atoms. The second kappa shape index (κ2) is 15.4. The molecule has 2 amide bonds. The molecule has 0 aromatic heterocycles. The third-order valence-corrected chi connectivity index (χ3v) is 11.1. The summed E-state index contributed by atoms with van der Waals surface area (Å²) in [4.78, 5) is 30.3. The van der Waals surface area contributed by atoms with Gasteiger partial charge in [-0.1, -0.05) is 96.7 Å². The number of carbonyl (C=O) groups excluding carboxylic acids is 2. The first-order valence-electron chi connectivity index (χ1n) is 15.8. The van der Waals surface area contributed by atoms with Crippen molar-refractivity contribution in [3.63, 3.8) is 0 Å². The molecule has 4 aromatic carbocycles. The highest BCUT2D eigenvalue weighted by atomic mass is 35.5. The minimum Gasteiger partial charge on any atom is -0.352 e. The van der Waals surface area contributed by atoms with Crippen LogP contribution < -0.4 is 9.62 Å². The number of sulfonamides is 1. The lowest BCUT2D eigenvalue weighted by Gasteiger charge is -2.34. The lowest BCUT2D eigenvalue weighted by atomic mass is 10.0. The molecule has 1 unspecified atom stereocenters. The second-order valence-corrected chi connectivity index (χ2v) is 14.8. The van der Waals surface area contributed by atoms with Crippen molar-refractivity contribution in [2.75, 3.05) is 10.8 Å². The SMILES string of the molecule is Cc1ccc(N(CC(=O)N(Cc2ccc(Cl)cc2Cl)C(Cc2ccccc2)C(=O)NC2CCCC2)S(=O)(=O)c2ccccc2)cc1C. The predicted octanol–water partition coefficient (Wildman–Crippen LogP) is 7.50. The Morgan fingerprint density at radius 1 is 0.851 bits per heavy atom. The highest BCUT2D eigenvalue weighted by molar-refractivity contribution is 7.92. The Kier molecular flexibility index (Phi) is 11.3. The Bertz CT molecular complexity index is 1810. The monoisotopic (exact) mass is 691 g/mol. The van der Waals surface area contributed by atoms with Gasteiger partial charge in [0.1, 0.15) is 12.6 Å². The third kappa shape index (κ3) is 8.55. The summed E-state index contributed by atoms with van der Waals surface area (Å²) in [5.74, 6) is -0.834. The van der Waals surface area contributed by atoms with Crippen LogP contribution in [0.15, 0.2) is 102 Å². The van der Waals surface area contributed by atoms with Gasteiger partial charge in [0.25, 0.3) is 10.0 Å². The number of hydrogen-bond donors (Lipinski definition) is 1. The number of aryl methyl sites for hydroxylation is 2. The van der Waals surface area contributed by atoms with Gasteiger partial charge in [0.15, 0.2) is 0 Å². The van der Waals surface area contributed by atoms with Crippen molar-refractivity contribution in [3.05, 3.63) is 129 Å². The van der Waals surface area contributed by atoms with Crippen LogP contribution in [0.1, 0.15) is 47.9 Å². The second-order valence-electron chi connectivity index (χ2n) is 12.0. The van der Waals surface area contributed by atoms with Crippen LogP contribution in [0.3, 0.4) is 0 Å². The summed E-state index contributed by atoms with van der Waals surface area (Å²) >= 11 is 12.8. The van der Waals surface area contributed by atoms with Gasteiger partial charge in [-0.3, -0.25) is 13.9 Å². The maximum absolute atomic E-state index is 14.7. The Hall–Kier alpha value is -3.85. The van der Waals surface area contributed by atoms with Crippen LogP contribution in [0.4, 0.5) is 5.69 Å². The minimum absolute atomic E-state index is 0.0161. The van der Waals surface area contributed by atoms with E-state index in [0.29, 0.717) is 21.3 Å². The molecule has 1 aliphatic rings. The molecule has 10 heteroatoms. The van der Waals surface area contributed by atoms with Crippen LogP contribution >= 0.6 is 23.2 Å². The highest BCUT2D eigenvalue weighted by Gasteiger charge is 2.36. The summed E-state index contributed by atoms with van der Waals surface area (Å²) in [6.45, 7) is 3.27. The zero-order chi connectivity index (χ0) is 33.6. The molecule has 1 aliphatic carbocycles. The number of rotatable bonds is 12. The topological polar surface area (TPSA) is 86.8 Å². The van der Waals surface area contributed by atoms with E-state index in [-0.39, 0.29) is 29.8 Å². The summed E-state index contributed by atoms with van der Waals surface area (Å²) in [5, 5.41) is 3.96. The molecule has 7 nitrogen and oxygen atoms in total. The standard InChI is InChI=1S/C37H39Cl2N3O4S/c1-26-17-20-32(21-27(26)2)42(47(45,46)33-15-7-4-8-16-33)25-36(43)41(24-29-18-19-30(38)23-34(29)39)35(22-28-11-5-3-6-12-28)37(44)40-31-13-9-10-14-31/h3-8,11-12,15-21,23,31,35H,9-10,13-14,22,24-25H2,1-2H3,(H,40,44). The Labute approximate surface area is 287 Å². The molecule has 1 fully saturated rings. The lowest BCUT2D eigenvalue weighted by Crippen LogP contribution is -2.54. The molecule has 4 aromatic rings. The van der Waals surface area contributed by atoms with Gasteiger partial charge in [-0.15, -0.1) is 0 Å². The van der Waals surface area contributed by atoms with Crippen LogP contribution in [-0.2, 0) is 32.6 Å². The molecular weight excluding hydrogens is 653 g/mol. The number of halogens is 2. The van der Waals surface area contributed by atoms with Crippen LogP contribution in [0.2, 0.25) is 10.0 Å². The van der Waals surface area contributed by atoms with Crippen molar-refractivity contribution in [1.82, 2.24) is 10.2 Å². The Morgan fingerprint density at radius 2 is 1.51 bits per heavy atom. The average Bonchev–Trinajstić information content (AvgIpc) is 3.57. The van der Waals surface area contributed by atoms with Gasteiger partial charge >= 0.3 is 0 Å². The van der Waals surface area contributed by atoms with Gasteiger partial charge in [0.05, 0.1) is 10.6 Å². The fraction of sp³-hybridized carbons (Fsp3) is 0.297. The van der Waals surface area contributed by atoms with Crippen LogP contribution in [-0.4, -0.2) is 43.8 Å². The third-order valence-electron chi connectivity index (χ3n) is 8.72. The summed E-state index contributed by atoms with van der Waals surface area (Å²) in [5.41, 5.74) is 3.67. The molecule has 1 N–H and O–H groups in total. The van der Waals surface area contributed by atoms with E-state index in [0.717, 1.165) is 46.7 Å². The van der Waals surface area contributed by atoms with E-state index in [2.05, 4.69) is 5.32 Å². The summed E-state index contributed by atoms with van der Waals surface area (Å²) in [6, 6.07) is 26.9. The van der Waals surface area contributed by atoms with Crippen molar-refractivity contribution in [1.29, 1.82) is 0 Å². The van der Waals surface area contributed by atoms with E-state index in [1.54, 1.807) is 48.5 Å². The molecule has 5 rings (SSSR count). The van der Waals surface area contributed by atoms with Crippen LogP contribution in [0.25, 0.3) is 0 Å². The van der Waals surface area contributed by atoms with Gasteiger partial charge in [-0.05, 0) is 85.3 Å². The van der Waals surface area contributed by atoms with Crippen LogP contribution in [0.5, 0.6) is 0 Å². The maximum atomic E-state index is 14.7. The molecule has 246 valence electrons. The zero-order valence-corrected chi connectivity index (χ0v) is 28.9. The quantitative estimate of drug-likeness (QED) is 0.167. The number of nitrogens with zero attached hydrogens (tertiary/aromatic N) is 2. The first-order chi connectivity index (χ1) is 22.5. The normalized spacial score (nSPS) is 14.0. The molecule has 1 saturated carbocycles. The first-order valence-corrected chi connectivity index (χ1v) is 18.0. The summed E-state index contributed by atoms with van der Waals surface area (Å²) in [7, 11) is -4.18. The molecule has 0 bridgehead atoms. The number of benzene rings is 4. The zero-order valence-electron chi connectivity index (χ0n) is 26.5. The van der Waals surface area contributed by atoms with Crippen LogP contribution in [0, 0.1) is 13.8 Å². The first kappa shape index (κ1) is 34.5. The van der Waals surface area contributed by atoms with Crippen molar-refractivity contribution in [2.24, 2.45) is 0 Å². The van der Waals surface area contributed by atoms with E-state index in [1.807, 2.05) is 50.2 Å². The number of anilines is 1. The smallest absolute Gasteiger partial charge is 0.264 e. The largest absolute Gasteiger partial charge is 0.352 e. The van der Waals surface area contributed by atoms with E-state index >= 15 is 0 Å². The van der Waals surface area contributed by atoms with Crippen molar-refractivity contribution >= 4 is 50.7 Å². The summed E-state index contributed by atoms with van der Waals surface area (Å²) in [6.07, 6.45) is 4.03. The number of amides is 2. The molecule has 0 radical (unpaired) electrons. The predicted molar refractivity (Wildman–Crippen MR) is 188 cm³/mol. The highest BCUT2D eigenvalue weighted by Crippen LogP contribution is 2.29. The van der Waals surface area contributed by atoms with Crippen molar-refractivity contribution in [2.45, 2.75) is 69.5 Å². The number of nitrogens with one attached hydrogen (secondary N) is 1. The lowest BCUT2D eigenvalue weighted by molar-refractivity contribution is -0.140. The van der Waals surface area contributed by atoms with E-state index < -0.39 is 28.5 Å².